The lowest BCUT2D eigenvalue weighted by molar-refractivity contribution is 0.465. The predicted octanol–water partition coefficient (Wildman–Crippen LogP) is 5.81. The Morgan fingerprint density at radius 2 is 1.61 bits per heavy atom. The number of nitrogens with one attached hydrogen (secondary N) is 1. The third kappa shape index (κ3) is 5.10. The maximum atomic E-state index is 12.2. The Kier molecular flexibility index (Phi) is 6.97. The van der Waals surface area contributed by atoms with Gasteiger partial charge in [-0.3, -0.25) is 9.78 Å². The van der Waals surface area contributed by atoms with E-state index >= 15 is 0 Å². The number of H-pyrrole nitrogens is 1. The molecule has 0 bridgehead atoms. The zero-order chi connectivity index (χ0) is 25.2. The van der Waals surface area contributed by atoms with E-state index in [-0.39, 0.29) is 10.0 Å². The van der Waals surface area contributed by atoms with Gasteiger partial charge in [-0.1, -0.05) is 76.9 Å². The molecule has 12 heteroatoms. The zero-order valence-electron chi connectivity index (χ0n) is 18.1. The van der Waals surface area contributed by atoms with Crippen molar-refractivity contribution in [2.45, 2.75) is 10.5 Å². The molecule has 0 spiro atoms. The molecule has 8 nitrogen and oxygen atoms in total. The van der Waals surface area contributed by atoms with E-state index in [1.807, 2.05) is 42.5 Å². The minimum absolute atomic E-state index is 0.271. The van der Waals surface area contributed by atoms with E-state index in [0.29, 0.717) is 27.4 Å². The molecule has 2 heterocycles. The molecule has 5 rings (SSSR count). The molecule has 0 saturated heterocycles. The van der Waals surface area contributed by atoms with E-state index in [4.69, 9.17) is 39.2 Å². The van der Waals surface area contributed by atoms with Gasteiger partial charge in [-0.25, -0.2) is 4.79 Å². The van der Waals surface area contributed by atoms with Crippen molar-refractivity contribution >= 4 is 46.6 Å². The van der Waals surface area contributed by atoms with Gasteiger partial charge >= 0.3 is 5.69 Å². The van der Waals surface area contributed by atoms with Crippen molar-refractivity contribution < 1.29 is 4.42 Å². The summed E-state index contributed by atoms with van der Waals surface area (Å²) >= 11 is 20.8. The third-order valence-corrected chi connectivity index (χ3v) is 7.09. The molecular weight excluding hydrogens is 545 g/mol. The summed E-state index contributed by atoms with van der Waals surface area (Å²) in [5.74, 6) is 0.379. The van der Waals surface area contributed by atoms with Crippen molar-refractivity contribution in [1.82, 2.24) is 25.0 Å². The van der Waals surface area contributed by atoms with Crippen LogP contribution in [-0.2, 0) is 0 Å². The summed E-state index contributed by atoms with van der Waals surface area (Å²) < 4.78 is 6.90. The van der Waals surface area contributed by atoms with Crippen LogP contribution < -0.4 is 11.2 Å². The number of rotatable bonds is 6. The third-order valence-electron chi connectivity index (χ3n) is 5.10. The van der Waals surface area contributed by atoms with E-state index in [0.717, 1.165) is 22.0 Å². The van der Waals surface area contributed by atoms with Crippen LogP contribution in [0.5, 0.6) is 0 Å². The van der Waals surface area contributed by atoms with Crippen LogP contribution >= 0.6 is 46.6 Å². The van der Waals surface area contributed by atoms with Gasteiger partial charge < -0.3 is 4.42 Å². The van der Waals surface area contributed by atoms with Gasteiger partial charge in [0.25, 0.3) is 10.8 Å². The molecule has 1 unspecified atom stereocenters. The van der Waals surface area contributed by atoms with Gasteiger partial charge in [0.2, 0.25) is 5.89 Å². The van der Waals surface area contributed by atoms with Gasteiger partial charge in [0.05, 0.1) is 10.9 Å². The average Bonchev–Trinajstić information content (AvgIpc) is 3.33. The van der Waals surface area contributed by atoms with E-state index in [1.165, 1.54) is 11.8 Å². The minimum atomic E-state index is -0.717. The van der Waals surface area contributed by atoms with Crippen LogP contribution in [0.25, 0.3) is 17.1 Å². The molecule has 180 valence electrons. The lowest BCUT2D eigenvalue weighted by Gasteiger charge is -2.19. The normalized spacial score (nSPS) is 12.0. The van der Waals surface area contributed by atoms with Crippen LogP contribution in [0.1, 0.15) is 16.4 Å². The van der Waals surface area contributed by atoms with Gasteiger partial charge in [-0.2, -0.15) is 9.78 Å². The fourth-order valence-corrected chi connectivity index (χ4v) is 5.50. The van der Waals surface area contributed by atoms with Gasteiger partial charge in [0, 0.05) is 26.2 Å². The monoisotopic (exact) mass is 557 g/mol. The summed E-state index contributed by atoms with van der Waals surface area (Å²) in [6, 6.07) is 19.7. The second kappa shape index (κ2) is 10.3. The second-order valence-corrected chi connectivity index (χ2v) is 9.77. The maximum Gasteiger partial charge on any atom is 0.349 e. The van der Waals surface area contributed by atoms with E-state index in [9.17, 15) is 9.59 Å². The van der Waals surface area contributed by atoms with Crippen LogP contribution in [0, 0.1) is 0 Å². The van der Waals surface area contributed by atoms with Gasteiger partial charge in [-0.15, -0.1) is 10.2 Å². The van der Waals surface area contributed by atoms with Crippen LogP contribution in [-0.4, -0.2) is 25.0 Å². The first-order valence-electron chi connectivity index (χ1n) is 10.4. The molecule has 36 heavy (non-hydrogen) atoms. The Morgan fingerprint density at radius 3 is 2.28 bits per heavy atom. The summed E-state index contributed by atoms with van der Waals surface area (Å²) in [5, 5.41) is 13.2. The number of nitrogens with zero attached hydrogens (tertiary/aromatic N) is 4. The number of benzene rings is 3. The summed E-state index contributed by atoms with van der Waals surface area (Å²) in [5.41, 5.74) is 1.15. The summed E-state index contributed by atoms with van der Waals surface area (Å²) in [6.07, 6.45) is 0.989. The highest BCUT2D eigenvalue weighted by molar-refractivity contribution is 7.99. The number of aromatic nitrogens is 5. The van der Waals surface area contributed by atoms with Gasteiger partial charge in [0.15, 0.2) is 0 Å². The molecule has 1 N–H and O–H groups in total. The first-order chi connectivity index (χ1) is 17.4. The van der Waals surface area contributed by atoms with E-state index < -0.39 is 16.5 Å². The Balaban J connectivity index is 1.57. The smallest absolute Gasteiger partial charge is 0.349 e. The summed E-state index contributed by atoms with van der Waals surface area (Å²) in [7, 11) is 0. The van der Waals surface area contributed by atoms with Crippen molar-refractivity contribution in [2.75, 3.05) is 0 Å². The van der Waals surface area contributed by atoms with Gasteiger partial charge in [-0.05, 0) is 42.0 Å². The fraction of sp³-hybridized carbons (Fsp3) is 0.0417. The second-order valence-electron chi connectivity index (χ2n) is 7.46. The molecule has 0 aliphatic carbocycles. The summed E-state index contributed by atoms with van der Waals surface area (Å²) in [6.45, 7) is 0. The summed E-state index contributed by atoms with van der Waals surface area (Å²) in [4.78, 5) is 25.7. The molecule has 2 aromatic heterocycles. The van der Waals surface area contributed by atoms with Crippen molar-refractivity contribution in [3.63, 3.8) is 0 Å². The Labute approximate surface area is 222 Å². The number of hydrogen-bond donors (Lipinski definition) is 1. The molecule has 5 aromatic rings. The lowest BCUT2D eigenvalue weighted by atomic mass is 10.0. The molecule has 3 aromatic carbocycles. The zero-order valence-corrected chi connectivity index (χ0v) is 21.1. The number of hydrogen-bond acceptors (Lipinski definition) is 7. The Hall–Kier alpha value is -3.37. The average molecular weight is 559 g/mol. The van der Waals surface area contributed by atoms with Crippen molar-refractivity contribution in [3.05, 3.63) is 120 Å². The highest BCUT2D eigenvalue weighted by Crippen LogP contribution is 2.46. The lowest BCUT2D eigenvalue weighted by Crippen LogP contribution is -2.30. The topological polar surface area (TPSA) is 107 Å². The number of aromatic amines is 1. The largest absolute Gasteiger partial charge is 0.411 e. The quantitative estimate of drug-likeness (QED) is 0.262. The first kappa shape index (κ1) is 24.3. The SMILES string of the molecule is O=c1cnn(-c2cc(Cl)c(C(Sc3nnc(-c4ccccc4)o3)c3ccc(Cl)cc3)c(Cl)c2)c(=O)[nH]1. The minimum Gasteiger partial charge on any atom is -0.411 e. The van der Waals surface area contributed by atoms with Crippen LogP contribution in [0.4, 0.5) is 0 Å². The first-order valence-corrected chi connectivity index (χ1v) is 12.4. The molecule has 0 radical (unpaired) electrons. The van der Waals surface area contributed by atoms with E-state index in [2.05, 4.69) is 20.3 Å². The Morgan fingerprint density at radius 1 is 0.917 bits per heavy atom. The molecule has 1 atom stereocenters. The number of thioether (sulfide) groups is 1. The van der Waals surface area contributed by atoms with Crippen LogP contribution in [0.15, 0.2) is 92.2 Å². The van der Waals surface area contributed by atoms with E-state index in [1.54, 1.807) is 24.3 Å². The van der Waals surface area contributed by atoms with Crippen molar-refractivity contribution in [2.24, 2.45) is 0 Å². The maximum absolute atomic E-state index is 12.2. The molecule has 0 amide bonds. The number of halogens is 3. The molecule has 0 saturated carbocycles. The molecule has 0 aliphatic rings. The van der Waals surface area contributed by atoms with Crippen molar-refractivity contribution in [3.8, 4) is 17.1 Å². The Bertz CT molecular complexity index is 1630. The van der Waals surface area contributed by atoms with Crippen molar-refractivity contribution in [1.29, 1.82) is 0 Å². The molecule has 0 aliphatic heterocycles. The van der Waals surface area contributed by atoms with Gasteiger partial charge in [0.1, 0.15) is 6.20 Å². The highest BCUT2D eigenvalue weighted by atomic mass is 35.5. The van der Waals surface area contributed by atoms with Crippen LogP contribution in [0.3, 0.4) is 0 Å². The molecule has 0 fully saturated rings. The molecular formula is C24H14Cl3N5O3S. The standard InChI is InChI=1S/C24H14Cl3N5O3S/c25-15-8-6-13(7-9-15)21(36-24-31-30-22(35-24)14-4-2-1-3-5-14)20-17(26)10-16(11-18(20)27)32-23(34)29-19(33)12-28-32/h1-12,21H,(H,29,33,34). The predicted molar refractivity (Wildman–Crippen MR) is 139 cm³/mol. The fourth-order valence-electron chi connectivity index (χ4n) is 3.47. The van der Waals surface area contributed by atoms with Crippen LogP contribution in [0.2, 0.25) is 15.1 Å². The highest BCUT2D eigenvalue weighted by Gasteiger charge is 2.26.